The zero-order valence-electron chi connectivity index (χ0n) is 8.66. The van der Waals surface area contributed by atoms with Crippen LogP contribution in [0, 0.1) is 0 Å². The molecule has 1 unspecified atom stereocenters. The minimum absolute atomic E-state index is 0.308. The molecule has 0 bridgehead atoms. The summed E-state index contributed by atoms with van der Waals surface area (Å²) in [4.78, 5) is 21.9. The van der Waals surface area contributed by atoms with E-state index in [2.05, 4.69) is 10.6 Å². The van der Waals surface area contributed by atoms with Crippen LogP contribution in [-0.2, 0) is 4.79 Å². The molecule has 0 saturated carbocycles. The molecule has 0 aliphatic carbocycles. The van der Waals surface area contributed by atoms with Gasteiger partial charge in [-0.2, -0.15) is 0 Å². The van der Waals surface area contributed by atoms with Crippen LogP contribution in [-0.4, -0.2) is 17.3 Å². The lowest BCUT2D eigenvalue weighted by atomic mass is 10.2. The summed E-state index contributed by atoms with van der Waals surface area (Å²) in [5, 5.41) is 4.38. The third kappa shape index (κ3) is 3.78. The van der Waals surface area contributed by atoms with Crippen molar-refractivity contribution < 1.29 is 9.59 Å². The highest BCUT2D eigenvalue weighted by molar-refractivity contribution is 6.32. The molecule has 3 amide bonds. The molecular formula is C10H12ClN3O2. The maximum absolute atomic E-state index is 11.3. The number of urea groups is 1. The lowest BCUT2D eigenvalue weighted by Crippen LogP contribution is -2.21. The van der Waals surface area contributed by atoms with Crippen LogP contribution in [0.5, 0.6) is 0 Å². The molecule has 4 N–H and O–H groups in total. The molecule has 1 aromatic rings. The van der Waals surface area contributed by atoms with E-state index < -0.39 is 11.4 Å². The van der Waals surface area contributed by atoms with Crippen LogP contribution in [0.25, 0.3) is 0 Å². The van der Waals surface area contributed by atoms with Crippen molar-refractivity contribution in [2.45, 2.75) is 12.3 Å². The number of anilines is 2. The number of rotatable bonds is 3. The second-order valence-electron chi connectivity index (χ2n) is 3.18. The standard InChI is InChI=1S/C10H12ClN3O2/c1-6(11)9(15)13-7-3-2-4-8(5-7)14-10(12)16/h2-6H,1H3,(H,13,15)(H3,12,14,16). The van der Waals surface area contributed by atoms with Gasteiger partial charge in [-0.05, 0) is 25.1 Å². The van der Waals surface area contributed by atoms with Gasteiger partial charge in [0.25, 0.3) is 0 Å². The largest absolute Gasteiger partial charge is 0.351 e. The molecular weight excluding hydrogens is 230 g/mol. The number of nitrogens with two attached hydrogens (primary N) is 1. The van der Waals surface area contributed by atoms with Crippen LogP contribution in [0.3, 0.4) is 0 Å². The van der Waals surface area contributed by atoms with Crippen LogP contribution >= 0.6 is 11.6 Å². The summed E-state index contributed by atoms with van der Waals surface area (Å²) >= 11 is 5.60. The predicted octanol–water partition coefficient (Wildman–Crippen LogP) is 1.74. The van der Waals surface area contributed by atoms with Crippen LogP contribution in [0.1, 0.15) is 6.92 Å². The lowest BCUT2D eigenvalue weighted by Gasteiger charge is -2.08. The highest BCUT2D eigenvalue weighted by Gasteiger charge is 2.09. The van der Waals surface area contributed by atoms with E-state index in [1.807, 2.05) is 0 Å². The number of benzene rings is 1. The Morgan fingerprint density at radius 2 is 1.88 bits per heavy atom. The van der Waals surface area contributed by atoms with Gasteiger partial charge in [0, 0.05) is 11.4 Å². The number of carbonyl (C=O) groups is 2. The fourth-order valence-corrected chi connectivity index (χ4v) is 1.11. The van der Waals surface area contributed by atoms with E-state index in [0.29, 0.717) is 11.4 Å². The maximum Gasteiger partial charge on any atom is 0.316 e. The quantitative estimate of drug-likeness (QED) is 0.705. The molecule has 0 spiro atoms. The molecule has 1 atom stereocenters. The third-order valence-corrected chi connectivity index (χ3v) is 1.96. The number of hydrogen-bond donors (Lipinski definition) is 3. The molecule has 0 aliphatic rings. The van der Waals surface area contributed by atoms with Crippen molar-refractivity contribution in [2.24, 2.45) is 5.73 Å². The first-order chi connectivity index (χ1) is 7.49. The van der Waals surface area contributed by atoms with Crippen molar-refractivity contribution in [3.8, 4) is 0 Å². The molecule has 1 aromatic carbocycles. The van der Waals surface area contributed by atoms with Crippen molar-refractivity contribution in [1.29, 1.82) is 0 Å². The van der Waals surface area contributed by atoms with Crippen molar-refractivity contribution in [3.05, 3.63) is 24.3 Å². The smallest absolute Gasteiger partial charge is 0.316 e. The zero-order chi connectivity index (χ0) is 12.1. The van der Waals surface area contributed by atoms with E-state index in [0.717, 1.165) is 0 Å². The number of halogens is 1. The average Bonchev–Trinajstić information content (AvgIpc) is 2.16. The molecule has 6 heteroatoms. The summed E-state index contributed by atoms with van der Waals surface area (Å²) in [6, 6.07) is 5.95. The van der Waals surface area contributed by atoms with E-state index >= 15 is 0 Å². The Bertz CT molecular complexity index is 407. The fourth-order valence-electron chi connectivity index (χ4n) is 1.06. The number of hydrogen-bond acceptors (Lipinski definition) is 2. The van der Waals surface area contributed by atoms with Gasteiger partial charge in [0.15, 0.2) is 0 Å². The van der Waals surface area contributed by atoms with E-state index in [1.165, 1.54) is 0 Å². The van der Waals surface area contributed by atoms with Gasteiger partial charge in [0.2, 0.25) is 5.91 Å². The fraction of sp³-hybridized carbons (Fsp3) is 0.200. The first-order valence-corrected chi connectivity index (χ1v) is 5.04. The second kappa shape index (κ2) is 5.37. The molecule has 1 rings (SSSR count). The summed E-state index contributed by atoms with van der Waals surface area (Å²) in [6.07, 6.45) is 0. The molecule has 0 aromatic heterocycles. The maximum atomic E-state index is 11.3. The van der Waals surface area contributed by atoms with E-state index in [9.17, 15) is 9.59 Å². The van der Waals surface area contributed by atoms with Gasteiger partial charge in [0.05, 0.1) is 0 Å². The zero-order valence-corrected chi connectivity index (χ0v) is 9.41. The highest BCUT2D eigenvalue weighted by Crippen LogP contribution is 2.15. The Morgan fingerprint density at radius 1 is 1.31 bits per heavy atom. The van der Waals surface area contributed by atoms with Gasteiger partial charge in [-0.25, -0.2) is 4.79 Å². The number of primary amides is 1. The molecule has 16 heavy (non-hydrogen) atoms. The normalized spacial score (nSPS) is 11.6. The summed E-state index contributed by atoms with van der Waals surface area (Å²) in [7, 11) is 0. The van der Waals surface area contributed by atoms with E-state index in [1.54, 1.807) is 31.2 Å². The Morgan fingerprint density at radius 3 is 2.38 bits per heavy atom. The summed E-state index contributed by atoms with van der Waals surface area (Å²) in [5.41, 5.74) is 6.02. The van der Waals surface area contributed by atoms with Gasteiger partial charge in [-0.15, -0.1) is 11.6 Å². The average molecular weight is 242 g/mol. The Balaban J connectivity index is 2.74. The van der Waals surface area contributed by atoms with Crippen molar-refractivity contribution in [1.82, 2.24) is 0 Å². The summed E-state index contributed by atoms with van der Waals surface area (Å²) in [6.45, 7) is 1.57. The minimum atomic E-state index is -0.658. The first-order valence-electron chi connectivity index (χ1n) is 4.60. The topological polar surface area (TPSA) is 84.2 Å². The predicted molar refractivity (Wildman–Crippen MR) is 63.6 cm³/mol. The minimum Gasteiger partial charge on any atom is -0.351 e. The van der Waals surface area contributed by atoms with Gasteiger partial charge in [-0.3, -0.25) is 4.79 Å². The van der Waals surface area contributed by atoms with Gasteiger partial charge in [-0.1, -0.05) is 6.07 Å². The SMILES string of the molecule is CC(Cl)C(=O)Nc1cccc(NC(N)=O)c1. The Kier molecular flexibility index (Phi) is 4.13. The van der Waals surface area contributed by atoms with Crippen LogP contribution in [0.2, 0.25) is 0 Å². The molecule has 0 fully saturated rings. The van der Waals surface area contributed by atoms with Crippen LogP contribution in [0.15, 0.2) is 24.3 Å². The van der Waals surface area contributed by atoms with E-state index in [-0.39, 0.29) is 5.91 Å². The highest BCUT2D eigenvalue weighted by atomic mass is 35.5. The van der Waals surface area contributed by atoms with Crippen molar-refractivity contribution in [3.63, 3.8) is 0 Å². The Labute approximate surface area is 98.0 Å². The number of nitrogens with one attached hydrogen (secondary N) is 2. The van der Waals surface area contributed by atoms with Gasteiger partial charge >= 0.3 is 6.03 Å². The molecule has 0 saturated heterocycles. The van der Waals surface area contributed by atoms with Crippen molar-refractivity contribution in [2.75, 3.05) is 10.6 Å². The molecule has 0 heterocycles. The molecule has 5 nitrogen and oxygen atoms in total. The van der Waals surface area contributed by atoms with Gasteiger partial charge in [0.1, 0.15) is 5.38 Å². The third-order valence-electron chi connectivity index (χ3n) is 1.76. The number of amides is 3. The lowest BCUT2D eigenvalue weighted by molar-refractivity contribution is -0.115. The summed E-state index contributed by atoms with van der Waals surface area (Å²) in [5.74, 6) is -0.308. The number of carbonyl (C=O) groups excluding carboxylic acids is 2. The van der Waals surface area contributed by atoms with Crippen molar-refractivity contribution >= 4 is 34.9 Å². The second-order valence-corrected chi connectivity index (χ2v) is 3.83. The molecule has 0 aliphatic heterocycles. The summed E-state index contributed by atoms with van der Waals surface area (Å²) < 4.78 is 0. The Hall–Kier alpha value is -1.75. The molecule has 86 valence electrons. The first kappa shape index (κ1) is 12.3. The number of alkyl halides is 1. The van der Waals surface area contributed by atoms with Crippen LogP contribution < -0.4 is 16.4 Å². The van der Waals surface area contributed by atoms with Crippen LogP contribution in [0.4, 0.5) is 16.2 Å². The monoisotopic (exact) mass is 241 g/mol. The van der Waals surface area contributed by atoms with E-state index in [4.69, 9.17) is 17.3 Å². The molecule has 0 radical (unpaired) electrons. The van der Waals surface area contributed by atoms with Gasteiger partial charge < -0.3 is 16.4 Å².